The van der Waals surface area contributed by atoms with Crippen molar-refractivity contribution in [3.05, 3.63) is 65.2 Å². The van der Waals surface area contributed by atoms with Gasteiger partial charge in [-0.3, -0.25) is 0 Å². The van der Waals surface area contributed by atoms with E-state index in [0.29, 0.717) is 16.7 Å². The topological polar surface area (TPSA) is 26.3 Å². The average molecular weight is 449 g/mol. The van der Waals surface area contributed by atoms with Gasteiger partial charge >= 0.3 is 5.97 Å². The van der Waals surface area contributed by atoms with Crippen LogP contribution in [0.15, 0.2) is 48.5 Å². The highest BCUT2D eigenvalue weighted by Gasteiger charge is 2.33. The van der Waals surface area contributed by atoms with E-state index in [1.165, 1.54) is 101 Å². The van der Waals surface area contributed by atoms with Crippen molar-refractivity contribution in [3.8, 4) is 5.75 Å². The first-order valence-corrected chi connectivity index (χ1v) is 13.6. The van der Waals surface area contributed by atoms with Crippen LogP contribution in [0.2, 0.25) is 0 Å². The van der Waals surface area contributed by atoms with Crippen LogP contribution in [0, 0.1) is 0 Å². The maximum atomic E-state index is 12.7. The summed E-state index contributed by atoms with van der Waals surface area (Å²) in [5.41, 5.74) is 3.67. The molecule has 0 radical (unpaired) electrons. The third-order valence-corrected chi connectivity index (χ3v) is 7.51. The molecule has 1 fully saturated rings. The van der Waals surface area contributed by atoms with E-state index in [0.717, 1.165) is 6.42 Å². The Morgan fingerprint density at radius 3 is 2.03 bits per heavy atom. The summed E-state index contributed by atoms with van der Waals surface area (Å²) in [7, 11) is 0. The summed E-state index contributed by atoms with van der Waals surface area (Å²) in [5.74, 6) is 0.372. The molecule has 1 aliphatic rings. The van der Waals surface area contributed by atoms with Crippen molar-refractivity contribution < 1.29 is 9.53 Å². The van der Waals surface area contributed by atoms with Crippen LogP contribution in [0.4, 0.5) is 0 Å². The molecule has 2 aromatic carbocycles. The van der Waals surface area contributed by atoms with Gasteiger partial charge in [0.05, 0.1) is 5.56 Å². The van der Waals surface area contributed by atoms with Crippen LogP contribution in [0.25, 0.3) is 0 Å². The lowest BCUT2D eigenvalue weighted by molar-refractivity contribution is 0.0734. The predicted molar refractivity (Wildman–Crippen MR) is 139 cm³/mol. The Labute approximate surface area is 202 Å². The van der Waals surface area contributed by atoms with Crippen molar-refractivity contribution >= 4 is 5.97 Å². The van der Waals surface area contributed by atoms with Crippen molar-refractivity contribution in [2.75, 3.05) is 0 Å². The number of benzene rings is 2. The predicted octanol–water partition coefficient (Wildman–Crippen LogP) is 9.20. The molecule has 0 amide bonds. The summed E-state index contributed by atoms with van der Waals surface area (Å²) in [5, 5.41) is 0. The molecule has 1 aliphatic carbocycles. The third kappa shape index (κ3) is 7.73. The lowest BCUT2D eigenvalue weighted by Gasteiger charge is -2.38. The molecule has 33 heavy (non-hydrogen) atoms. The number of carbonyl (C=O) groups excluding carboxylic acids is 1. The second-order valence-corrected chi connectivity index (χ2v) is 10.1. The second-order valence-electron chi connectivity index (χ2n) is 10.1. The van der Waals surface area contributed by atoms with Gasteiger partial charge in [0, 0.05) is 0 Å². The second kappa shape index (κ2) is 13.6. The van der Waals surface area contributed by atoms with Crippen LogP contribution in [0.1, 0.15) is 125 Å². The quantitative estimate of drug-likeness (QED) is 0.173. The molecule has 0 aromatic heterocycles. The van der Waals surface area contributed by atoms with Crippen LogP contribution >= 0.6 is 0 Å². The highest BCUT2D eigenvalue weighted by molar-refractivity contribution is 5.91. The molecule has 0 heterocycles. The van der Waals surface area contributed by atoms with E-state index in [1.807, 2.05) is 24.3 Å². The Kier molecular flexibility index (Phi) is 10.5. The number of hydrogen-bond acceptors (Lipinski definition) is 2. The fourth-order valence-electron chi connectivity index (χ4n) is 5.41. The van der Waals surface area contributed by atoms with Crippen LogP contribution in [0.3, 0.4) is 0 Å². The van der Waals surface area contributed by atoms with Crippen LogP contribution in [-0.4, -0.2) is 5.97 Å². The van der Waals surface area contributed by atoms with Gasteiger partial charge in [-0.15, -0.1) is 0 Å². The standard InChI is InChI=1S/C31H44O2/c1-3-5-7-10-14-26-15-17-27(18-16-26)30(32)33-29-21-19-28(20-22-29)31(23-11-8-6-4-2)24-12-9-13-25-31/h15-22H,3-14,23-25H2,1-2H3. The van der Waals surface area contributed by atoms with Crippen molar-refractivity contribution in [1.82, 2.24) is 0 Å². The van der Waals surface area contributed by atoms with Gasteiger partial charge in [-0.25, -0.2) is 4.79 Å². The average Bonchev–Trinajstić information content (AvgIpc) is 2.86. The molecule has 2 nitrogen and oxygen atoms in total. The highest BCUT2D eigenvalue weighted by atomic mass is 16.5. The molecule has 1 saturated carbocycles. The first-order valence-electron chi connectivity index (χ1n) is 13.6. The SMILES string of the molecule is CCCCCCc1ccc(C(=O)Oc2ccc(C3(CCCCCC)CCCCC3)cc2)cc1. The van der Waals surface area contributed by atoms with E-state index in [9.17, 15) is 4.79 Å². The molecular formula is C31H44O2. The van der Waals surface area contributed by atoms with E-state index in [-0.39, 0.29) is 5.97 Å². The lowest BCUT2D eigenvalue weighted by Crippen LogP contribution is -2.29. The Balaban J connectivity index is 1.58. The van der Waals surface area contributed by atoms with Gasteiger partial charge in [0.15, 0.2) is 0 Å². The van der Waals surface area contributed by atoms with Crippen LogP contribution in [0.5, 0.6) is 5.75 Å². The Bertz CT molecular complexity index is 813. The fourth-order valence-corrected chi connectivity index (χ4v) is 5.41. The van der Waals surface area contributed by atoms with E-state index < -0.39 is 0 Å². The maximum Gasteiger partial charge on any atom is 0.343 e. The minimum atomic E-state index is -0.271. The van der Waals surface area contributed by atoms with Gasteiger partial charge in [-0.1, -0.05) is 102 Å². The number of aryl methyl sites for hydroxylation is 1. The molecular weight excluding hydrogens is 404 g/mol. The van der Waals surface area contributed by atoms with Crippen LogP contribution in [-0.2, 0) is 11.8 Å². The minimum Gasteiger partial charge on any atom is -0.423 e. The molecule has 2 heteroatoms. The molecule has 0 bridgehead atoms. The normalized spacial score (nSPS) is 15.3. The molecule has 0 N–H and O–H groups in total. The summed E-state index contributed by atoms with van der Waals surface area (Å²) >= 11 is 0. The Morgan fingerprint density at radius 1 is 0.758 bits per heavy atom. The number of rotatable bonds is 13. The zero-order valence-electron chi connectivity index (χ0n) is 21.0. The number of ether oxygens (including phenoxy) is 1. The zero-order chi connectivity index (χ0) is 23.4. The van der Waals surface area contributed by atoms with Gasteiger partial charge in [-0.2, -0.15) is 0 Å². The van der Waals surface area contributed by atoms with Crippen molar-refractivity contribution in [1.29, 1.82) is 0 Å². The fraction of sp³-hybridized carbons (Fsp3) is 0.581. The van der Waals surface area contributed by atoms with Crippen LogP contribution < -0.4 is 4.74 Å². The first-order chi connectivity index (χ1) is 16.2. The van der Waals surface area contributed by atoms with Crippen molar-refractivity contribution in [2.24, 2.45) is 0 Å². The molecule has 0 aliphatic heterocycles. The summed E-state index contributed by atoms with van der Waals surface area (Å²) in [4.78, 5) is 12.7. The molecule has 0 unspecified atom stereocenters. The Hall–Kier alpha value is -2.09. The first kappa shape index (κ1) is 25.5. The molecule has 3 rings (SSSR count). The van der Waals surface area contributed by atoms with E-state index >= 15 is 0 Å². The van der Waals surface area contributed by atoms with Gasteiger partial charge in [0.25, 0.3) is 0 Å². The number of esters is 1. The van der Waals surface area contributed by atoms with E-state index in [1.54, 1.807) is 0 Å². The number of hydrogen-bond donors (Lipinski definition) is 0. The zero-order valence-corrected chi connectivity index (χ0v) is 21.0. The van der Waals surface area contributed by atoms with Gasteiger partial charge < -0.3 is 4.74 Å². The van der Waals surface area contributed by atoms with E-state index in [4.69, 9.17) is 4.74 Å². The summed E-state index contributed by atoms with van der Waals surface area (Å²) in [6, 6.07) is 16.4. The minimum absolute atomic E-state index is 0.271. The molecule has 0 atom stereocenters. The van der Waals surface area contributed by atoms with Gasteiger partial charge in [0.2, 0.25) is 0 Å². The summed E-state index contributed by atoms with van der Waals surface area (Å²) < 4.78 is 5.70. The van der Waals surface area contributed by atoms with Gasteiger partial charge in [0.1, 0.15) is 5.75 Å². The lowest BCUT2D eigenvalue weighted by atomic mass is 9.66. The van der Waals surface area contributed by atoms with Crippen molar-refractivity contribution in [3.63, 3.8) is 0 Å². The Morgan fingerprint density at radius 2 is 1.39 bits per heavy atom. The monoisotopic (exact) mass is 448 g/mol. The number of carbonyl (C=O) groups is 1. The highest BCUT2D eigenvalue weighted by Crippen LogP contribution is 2.43. The van der Waals surface area contributed by atoms with Gasteiger partial charge in [-0.05, 0) is 72.9 Å². The third-order valence-electron chi connectivity index (χ3n) is 7.51. The number of unbranched alkanes of at least 4 members (excludes halogenated alkanes) is 6. The molecule has 0 saturated heterocycles. The molecule has 0 spiro atoms. The maximum absolute atomic E-state index is 12.7. The van der Waals surface area contributed by atoms with Crippen molar-refractivity contribution in [2.45, 2.75) is 116 Å². The largest absolute Gasteiger partial charge is 0.423 e. The summed E-state index contributed by atoms with van der Waals surface area (Å²) in [6.07, 6.45) is 19.3. The van der Waals surface area contributed by atoms with E-state index in [2.05, 4.69) is 38.1 Å². The molecule has 180 valence electrons. The summed E-state index contributed by atoms with van der Waals surface area (Å²) in [6.45, 7) is 4.51. The molecule has 2 aromatic rings. The smallest absolute Gasteiger partial charge is 0.343 e.